The first-order valence-corrected chi connectivity index (χ1v) is 12.2. The number of carbonyl (C=O) groups is 1. The molecule has 0 unspecified atom stereocenters. The summed E-state index contributed by atoms with van der Waals surface area (Å²) >= 11 is 7.49. The van der Waals surface area contributed by atoms with E-state index in [-0.39, 0.29) is 18.3 Å². The molecule has 4 aromatic rings. The van der Waals surface area contributed by atoms with Crippen molar-refractivity contribution >= 4 is 35.0 Å². The number of thioether (sulfide) groups is 1. The molecular formula is C26H25ClN4O2S. The molecule has 1 heterocycles. The Morgan fingerprint density at radius 1 is 1.03 bits per heavy atom. The molecule has 1 aromatic heterocycles. The van der Waals surface area contributed by atoms with E-state index in [1.54, 1.807) is 6.07 Å². The van der Waals surface area contributed by atoms with Gasteiger partial charge in [0, 0.05) is 10.7 Å². The Morgan fingerprint density at radius 3 is 2.59 bits per heavy atom. The molecule has 0 spiro atoms. The summed E-state index contributed by atoms with van der Waals surface area (Å²) in [6, 6.07) is 21.2. The first-order chi connectivity index (χ1) is 16.4. The van der Waals surface area contributed by atoms with Crippen LogP contribution in [0.5, 0.6) is 5.75 Å². The first kappa shape index (κ1) is 23.9. The highest BCUT2D eigenvalue weighted by Gasteiger charge is 2.18. The summed E-state index contributed by atoms with van der Waals surface area (Å²) in [5, 5.41) is 12.9. The van der Waals surface area contributed by atoms with Crippen molar-refractivity contribution in [2.45, 2.75) is 32.5 Å². The van der Waals surface area contributed by atoms with Crippen LogP contribution in [0.2, 0.25) is 5.02 Å². The molecule has 8 heteroatoms. The minimum atomic E-state index is -0.146. The highest BCUT2D eigenvalue weighted by molar-refractivity contribution is 7.99. The number of benzene rings is 3. The molecule has 0 atom stereocenters. The molecule has 0 bridgehead atoms. The largest absolute Gasteiger partial charge is 0.486 e. The molecule has 0 aliphatic heterocycles. The molecule has 6 nitrogen and oxygen atoms in total. The number of aryl methyl sites for hydroxylation is 2. The molecule has 0 aliphatic carbocycles. The first-order valence-electron chi connectivity index (χ1n) is 10.8. The van der Waals surface area contributed by atoms with Crippen molar-refractivity contribution in [3.8, 4) is 11.4 Å². The lowest BCUT2D eigenvalue weighted by molar-refractivity contribution is -0.113. The number of amides is 1. The Balaban J connectivity index is 1.55. The number of carbonyl (C=O) groups excluding carboxylic acids is 1. The SMILES string of the molecule is Cc1ccc(-n2c(COc3ccccc3)nnc2SCC(=O)Nc2cccc(Cl)c2C)c(C)c1. The maximum atomic E-state index is 12.7. The van der Waals surface area contributed by atoms with Gasteiger partial charge >= 0.3 is 0 Å². The third-order valence-corrected chi connectivity index (χ3v) is 6.62. The smallest absolute Gasteiger partial charge is 0.234 e. The molecule has 0 aliphatic rings. The van der Waals surface area contributed by atoms with E-state index < -0.39 is 0 Å². The number of rotatable bonds is 8. The molecule has 1 N–H and O–H groups in total. The van der Waals surface area contributed by atoms with Gasteiger partial charge in [-0.15, -0.1) is 10.2 Å². The number of hydrogen-bond acceptors (Lipinski definition) is 5. The van der Waals surface area contributed by atoms with Crippen LogP contribution in [-0.2, 0) is 11.4 Å². The summed E-state index contributed by atoms with van der Waals surface area (Å²) in [5.41, 5.74) is 4.74. The van der Waals surface area contributed by atoms with Crippen molar-refractivity contribution in [2.75, 3.05) is 11.1 Å². The molecule has 4 rings (SSSR count). The molecular weight excluding hydrogens is 468 g/mol. The molecule has 0 saturated carbocycles. The fourth-order valence-electron chi connectivity index (χ4n) is 3.51. The third kappa shape index (κ3) is 5.61. The fraction of sp³-hybridized carbons (Fsp3) is 0.192. The number of nitrogens with zero attached hydrogens (tertiary/aromatic N) is 3. The Kier molecular flexibility index (Phi) is 7.55. The van der Waals surface area contributed by atoms with Crippen LogP contribution in [0.3, 0.4) is 0 Å². The zero-order chi connectivity index (χ0) is 24.1. The zero-order valence-corrected chi connectivity index (χ0v) is 20.8. The quantitative estimate of drug-likeness (QED) is 0.298. The summed E-state index contributed by atoms with van der Waals surface area (Å²) in [4.78, 5) is 12.7. The summed E-state index contributed by atoms with van der Waals surface area (Å²) in [6.07, 6.45) is 0. The second kappa shape index (κ2) is 10.8. The lowest BCUT2D eigenvalue weighted by Crippen LogP contribution is -2.15. The van der Waals surface area contributed by atoms with E-state index in [0.29, 0.717) is 21.7 Å². The average Bonchev–Trinajstić information content (AvgIpc) is 3.22. The third-order valence-electron chi connectivity index (χ3n) is 5.28. The van der Waals surface area contributed by atoms with Gasteiger partial charge in [-0.1, -0.05) is 65.3 Å². The van der Waals surface area contributed by atoms with Gasteiger partial charge in [-0.3, -0.25) is 9.36 Å². The summed E-state index contributed by atoms with van der Waals surface area (Å²) in [6.45, 7) is 6.23. The molecule has 0 fully saturated rings. The van der Waals surface area contributed by atoms with Gasteiger partial charge in [-0.2, -0.15) is 0 Å². The maximum absolute atomic E-state index is 12.7. The van der Waals surface area contributed by atoms with Gasteiger partial charge in [0.25, 0.3) is 0 Å². The van der Waals surface area contributed by atoms with Gasteiger partial charge in [-0.25, -0.2) is 0 Å². The van der Waals surface area contributed by atoms with E-state index >= 15 is 0 Å². The molecule has 0 radical (unpaired) electrons. The Hall–Kier alpha value is -3.29. The van der Waals surface area contributed by atoms with Crippen molar-refractivity contribution in [3.05, 3.63) is 94.3 Å². The highest BCUT2D eigenvalue weighted by atomic mass is 35.5. The number of halogens is 1. The standard InChI is InChI=1S/C26H25ClN4O2S/c1-17-12-13-23(18(2)14-17)31-24(15-33-20-8-5-4-6-9-20)29-30-26(31)34-16-25(32)28-22-11-7-10-21(27)19(22)3/h4-14H,15-16H2,1-3H3,(H,28,32). The second-order valence-electron chi connectivity index (χ2n) is 7.88. The van der Waals surface area contributed by atoms with E-state index in [1.807, 2.05) is 73.0 Å². The van der Waals surface area contributed by atoms with Crippen LogP contribution in [0.15, 0.2) is 71.9 Å². The number of para-hydroxylation sites is 1. The molecule has 174 valence electrons. The van der Waals surface area contributed by atoms with Crippen LogP contribution in [0.25, 0.3) is 5.69 Å². The molecule has 0 saturated heterocycles. The van der Waals surface area contributed by atoms with Gasteiger partial charge in [0.05, 0.1) is 11.4 Å². The van der Waals surface area contributed by atoms with Crippen molar-refractivity contribution in [2.24, 2.45) is 0 Å². The van der Waals surface area contributed by atoms with Crippen LogP contribution in [-0.4, -0.2) is 26.4 Å². The van der Waals surface area contributed by atoms with E-state index in [9.17, 15) is 4.79 Å². The predicted molar refractivity (Wildman–Crippen MR) is 137 cm³/mol. The van der Waals surface area contributed by atoms with E-state index in [2.05, 4.69) is 28.5 Å². The molecule has 1 amide bonds. The van der Waals surface area contributed by atoms with Gasteiger partial charge in [-0.05, 0) is 62.2 Å². The topological polar surface area (TPSA) is 69.0 Å². The van der Waals surface area contributed by atoms with Crippen molar-refractivity contribution < 1.29 is 9.53 Å². The Bertz CT molecular complexity index is 1310. The number of anilines is 1. The van der Waals surface area contributed by atoms with Gasteiger partial charge in [0.2, 0.25) is 5.91 Å². The van der Waals surface area contributed by atoms with Crippen LogP contribution in [0.4, 0.5) is 5.69 Å². The zero-order valence-electron chi connectivity index (χ0n) is 19.2. The lowest BCUT2D eigenvalue weighted by atomic mass is 10.1. The van der Waals surface area contributed by atoms with Gasteiger partial charge < -0.3 is 10.1 Å². The van der Waals surface area contributed by atoms with Crippen LogP contribution in [0, 0.1) is 20.8 Å². The van der Waals surface area contributed by atoms with Crippen LogP contribution >= 0.6 is 23.4 Å². The normalized spacial score (nSPS) is 10.8. The average molecular weight is 493 g/mol. The fourth-order valence-corrected chi connectivity index (χ4v) is 4.45. The van der Waals surface area contributed by atoms with Gasteiger partial charge in [0.1, 0.15) is 12.4 Å². The molecule has 34 heavy (non-hydrogen) atoms. The number of aromatic nitrogens is 3. The second-order valence-corrected chi connectivity index (χ2v) is 9.22. The highest BCUT2D eigenvalue weighted by Crippen LogP contribution is 2.27. The minimum Gasteiger partial charge on any atom is -0.486 e. The van der Waals surface area contributed by atoms with Gasteiger partial charge in [0.15, 0.2) is 11.0 Å². The lowest BCUT2D eigenvalue weighted by Gasteiger charge is -2.14. The maximum Gasteiger partial charge on any atom is 0.234 e. The predicted octanol–water partition coefficient (Wildman–Crippen LogP) is 6.16. The monoisotopic (exact) mass is 492 g/mol. The number of nitrogens with one attached hydrogen (secondary N) is 1. The number of hydrogen-bond donors (Lipinski definition) is 1. The van der Waals surface area contributed by atoms with E-state index in [0.717, 1.165) is 22.6 Å². The minimum absolute atomic E-state index is 0.146. The number of ether oxygens (including phenoxy) is 1. The van der Waals surface area contributed by atoms with Crippen molar-refractivity contribution in [3.63, 3.8) is 0 Å². The summed E-state index contributed by atoms with van der Waals surface area (Å²) in [5.74, 6) is 1.44. The van der Waals surface area contributed by atoms with Crippen LogP contribution in [0.1, 0.15) is 22.5 Å². The van der Waals surface area contributed by atoms with Crippen LogP contribution < -0.4 is 10.1 Å². The molecule has 3 aromatic carbocycles. The van der Waals surface area contributed by atoms with E-state index in [4.69, 9.17) is 16.3 Å². The summed E-state index contributed by atoms with van der Waals surface area (Å²) < 4.78 is 7.89. The van der Waals surface area contributed by atoms with Crippen molar-refractivity contribution in [1.29, 1.82) is 0 Å². The Labute approximate surface area is 208 Å². The summed E-state index contributed by atoms with van der Waals surface area (Å²) in [7, 11) is 0. The van der Waals surface area contributed by atoms with Crippen molar-refractivity contribution in [1.82, 2.24) is 14.8 Å². The van der Waals surface area contributed by atoms with E-state index in [1.165, 1.54) is 17.3 Å². The Morgan fingerprint density at radius 2 is 1.82 bits per heavy atom.